The smallest absolute Gasteiger partial charge is 0.160 e. The second-order valence-electron chi connectivity index (χ2n) is 5.29. The van der Waals surface area contributed by atoms with E-state index in [-0.39, 0.29) is 6.23 Å². The summed E-state index contributed by atoms with van der Waals surface area (Å²) in [6, 6.07) is 6.06. The first-order valence-electron chi connectivity index (χ1n) is 7.27. The summed E-state index contributed by atoms with van der Waals surface area (Å²) in [7, 11) is 0. The van der Waals surface area contributed by atoms with Crippen LogP contribution in [-0.2, 0) is 4.74 Å². The molecule has 1 unspecified atom stereocenters. The summed E-state index contributed by atoms with van der Waals surface area (Å²) in [6.45, 7) is 0.805. The van der Waals surface area contributed by atoms with Crippen LogP contribution in [0.3, 0.4) is 0 Å². The van der Waals surface area contributed by atoms with E-state index in [1.54, 1.807) is 6.20 Å². The van der Waals surface area contributed by atoms with Gasteiger partial charge in [0.05, 0.1) is 6.20 Å². The van der Waals surface area contributed by atoms with E-state index < -0.39 is 0 Å². The summed E-state index contributed by atoms with van der Waals surface area (Å²) in [5.41, 5.74) is 3.00. The predicted molar refractivity (Wildman–Crippen MR) is 79.6 cm³/mol. The van der Waals surface area contributed by atoms with Gasteiger partial charge >= 0.3 is 0 Å². The molecule has 0 amide bonds. The van der Waals surface area contributed by atoms with Crippen molar-refractivity contribution in [3.05, 3.63) is 43.0 Å². The van der Waals surface area contributed by atoms with Gasteiger partial charge in [0, 0.05) is 41.7 Å². The second-order valence-corrected chi connectivity index (χ2v) is 5.29. The average Bonchev–Trinajstić information content (AvgIpc) is 2.99. The molecule has 4 rings (SSSR count). The quantitative estimate of drug-likeness (QED) is 0.723. The van der Waals surface area contributed by atoms with Crippen molar-refractivity contribution in [3.63, 3.8) is 0 Å². The Balaban J connectivity index is 1.73. The van der Waals surface area contributed by atoms with Crippen LogP contribution in [0.2, 0.25) is 0 Å². The van der Waals surface area contributed by atoms with Crippen molar-refractivity contribution < 1.29 is 4.74 Å². The predicted octanol–water partition coefficient (Wildman–Crippen LogP) is 3.19. The molecule has 106 valence electrons. The standard InChI is InChI=1S/C16H16N4O/c1-2-7-21-15(5-1)20-16-14(11-19-20)8-13(10-18-16)12-4-3-6-17-9-12/h3-4,6,8-11,15H,1-2,5,7H2. The average molecular weight is 280 g/mol. The number of hydrogen-bond donors (Lipinski definition) is 0. The van der Waals surface area contributed by atoms with Gasteiger partial charge in [0.25, 0.3) is 0 Å². The maximum atomic E-state index is 5.80. The molecule has 0 bridgehead atoms. The lowest BCUT2D eigenvalue weighted by atomic mass is 10.1. The molecule has 0 saturated carbocycles. The first-order valence-corrected chi connectivity index (χ1v) is 7.27. The molecule has 1 fully saturated rings. The molecule has 1 atom stereocenters. The third kappa shape index (κ3) is 2.29. The molecule has 0 aliphatic carbocycles. The highest BCUT2D eigenvalue weighted by Gasteiger charge is 2.19. The van der Waals surface area contributed by atoms with Gasteiger partial charge in [-0.2, -0.15) is 5.10 Å². The van der Waals surface area contributed by atoms with Gasteiger partial charge in [-0.15, -0.1) is 0 Å². The van der Waals surface area contributed by atoms with Crippen LogP contribution in [0.1, 0.15) is 25.5 Å². The highest BCUT2D eigenvalue weighted by atomic mass is 16.5. The SMILES string of the molecule is c1cncc(-c2cnc3c(cnn3C3CCCCO3)c2)c1. The van der Waals surface area contributed by atoms with Gasteiger partial charge in [-0.05, 0) is 31.4 Å². The van der Waals surface area contributed by atoms with Crippen LogP contribution in [0.5, 0.6) is 0 Å². The number of fused-ring (bicyclic) bond motifs is 1. The molecule has 1 aliphatic heterocycles. The van der Waals surface area contributed by atoms with E-state index >= 15 is 0 Å². The van der Waals surface area contributed by atoms with Crippen molar-refractivity contribution in [2.75, 3.05) is 6.61 Å². The number of aromatic nitrogens is 4. The third-order valence-corrected chi connectivity index (χ3v) is 3.86. The molecule has 0 radical (unpaired) electrons. The summed E-state index contributed by atoms with van der Waals surface area (Å²) in [5, 5.41) is 5.50. The zero-order chi connectivity index (χ0) is 14.1. The van der Waals surface area contributed by atoms with Gasteiger partial charge in [-0.1, -0.05) is 6.07 Å². The minimum atomic E-state index is 0.0213. The Labute approximate surface area is 122 Å². The topological polar surface area (TPSA) is 52.8 Å². The number of hydrogen-bond acceptors (Lipinski definition) is 4. The van der Waals surface area contributed by atoms with E-state index in [4.69, 9.17) is 4.74 Å². The molecule has 5 nitrogen and oxygen atoms in total. The zero-order valence-electron chi connectivity index (χ0n) is 11.6. The maximum Gasteiger partial charge on any atom is 0.160 e. The molecule has 21 heavy (non-hydrogen) atoms. The van der Waals surface area contributed by atoms with E-state index in [0.29, 0.717) is 0 Å². The molecule has 3 aromatic rings. The van der Waals surface area contributed by atoms with Crippen LogP contribution in [-0.4, -0.2) is 26.4 Å². The van der Waals surface area contributed by atoms with Crippen molar-refractivity contribution in [3.8, 4) is 11.1 Å². The largest absolute Gasteiger partial charge is 0.356 e. The normalized spacial score (nSPS) is 19.0. The summed E-state index contributed by atoms with van der Waals surface area (Å²) >= 11 is 0. The zero-order valence-corrected chi connectivity index (χ0v) is 11.6. The van der Waals surface area contributed by atoms with E-state index in [1.807, 2.05) is 35.4 Å². The van der Waals surface area contributed by atoms with Gasteiger partial charge in [-0.3, -0.25) is 4.98 Å². The summed E-state index contributed by atoms with van der Waals surface area (Å²) < 4.78 is 7.70. The molecule has 3 aromatic heterocycles. The lowest BCUT2D eigenvalue weighted by Crippen LogP contribution is -2.19. The monoisotopic (exact) mass is 280 g/mol. The lowest BCUT2D eigenvalue weighted by molar-refractivity contribution is -0.0370. The Morgan fingerprint density at radius 1 is 1.14 bits per heavy atom. The number of nitrogens with zero attached hydrogens (tertiary/aromatic N) is 4. The number of ether oxygens (including phenoxy) is 1. The molecule has 0 spiro atoms. The fourth-order valence-corrected chi connectivity index (χ4v) is 2.76. The second kappa shape index (κ2) is 5.26. The Kier molecular flexibility index (Phi) is 3.12. The maximum absolute atomic E-state index is 5.80. The van der Waals surface area contributed by atoms with Gasteiger partial charge in [-0.25, -0.2) is 9.67 Å². The first kappa shape index (κ1) is 12.5. The van der Waals surface area contributed by atoms with E-state index in [2.05, 4.69) is 21.1 Å². The molecule has 0 aromatic carbocycles. The molecule has 4 heterocycles. The van der Waals surface area contributed by atoms with Crippen LogP contribution in [0.4, 0.5) is 0 Å². The van der Waals surface area contributed by atoms with Crippen molar-refractivity contribution in [2.45, 2.75) is 25.5 Å². The fraction of sp³-hybridized carbons (Fsp3) is 0.312. The van der Waals surface area contributed by atoms with Crippen molar-refractivity contribution >= 4 is 11.0 Å². The minimum Gasteiger partial charge on any atom is -0.356 e. The molecule has 1 saturated heterocycles. The van der Waals surface area contributed by atoms with Crippen LogP contribution in [0.15, 0.2) is 43.0 Å². The summed E-state index contributed by atoms with van der Waals surface area (Å²) in [6.07, 6.45) is 10.7. The van der Waals surface area contributed by atoms with Crippen LogP contribution in [0.25, 0.3) is 22.2 Å². The minimum absolute atomic E-state index is 0.0213. The van der Waals surface area contributed by atoms with E-state index in [1.165, 1.54) is 6.42 Å². The molecular weight excluding hydrogens is 264 g/mol. The number of rotatable bonds is 2. The first-order chi connectivity index (χ1) is 10.4. The highest BCUT2D eigenvalue weighted by molar-refractivity contribution is 5.80. The molecule has 5 heteroatoms. The summed E-state index contributed by atoms with van der Waals surface area (Å²) in [4.78, 5) is 8.74. The molecule has 1 aliphatic rings. The van der Waals surface area contributed by atoms with Crippen molar-refractivity contribution in [2.24, 2.45) is 0 Å². The van der Waals surface area contributed by atoms with Crippen molar-refractivity contribution in [1.29, 1.82) is 0 Å². The van der Waals surface area contributed by atoms with Crippen LogP contribution in [0, 0.1) is 0 Å². The van der Waals surface area contributed by atoms with Gasteiger partial charge < -0.3 is 4.74 Å². The highest BCUT2D eigenvalue weighted by Crippen LogP contribution is 2.27. The molecular formula is C16H16N4O. The Hall–Kier alpha value is -2.27. The lowest BCUT2D eigenvalue weighted by Gasteiger charge is -2.22. The van der Waals surface area contributed by atoms with Crippen LogP contribution >= 0.6 is 0 Å². The molecule has 0 N–H and O–H groups in total. The number of pyridine rings is 2. The third-order valence-electron chi connectivity index (χ3n) is 3.86. The van der Waals surface area contributed by atoms with Crippen molar-refractivity contribution in [1.82, 2.24) is 19.7 Å². The fourth-order valence-electron chi connectivity index (χ4n) is 2.76. The van der Waals surface area contributed by atoms with Gasteiger partial charge in [0.1, 0.15) is 0 Å². The Morgan fingerprint density at radius 3 is 2.95 bits per heavy atom. The summed E-state index contributed by atoms with van der Waals surface area (Å²) in [5.74, 6) is 0. The van der Waals surface area contributed by atoms with Gasteiger partial charge in [0.15, 0.2) is 11.9 Å². The van der Waals surface area contributed by atoms with E-state index in [0.717, 1.165) is 41.6 Å². The van der Waals surface area contributed by atoms with Gasteiger partial charge in [0.2, 0.25) is 0 Å². The Morgan fingerprint density at radius 2 is 2.14 bits per heavy atom. The Bertz CT molecular complexity index is 747. The van der Waals surface area contributed by atoms with Crippen LogP contribution < -0.4 is 0 Å². The van der Waals surface area contributed by atoms with E-state index in [9.17, 15) is 0 Å².